The van der Waals surface area contributed by atoms with Crippen LogP contribution in [0.3, 0.4) is 0 Å². The van der Waals surface area contributed by atoms with E-state index in [1.165, 1.54) is 51.5 Å². The maximum atomic E-state index is 12.2. The lowest BCUT2D eigenvalue weighted by molar-refractivity contribution is -0.126. The van der Waals surface area contributed by atoms with Crippen molar-refractivity contribution in [1.29, 1.82) is 0 Å². The standard InChI is InChI=1S/C17H29NO/c1-2-3-13-6-9-17(19)15(10-13)12-18(16-7-8-16)11-14-4-5-14/h13-16H,2-12H2,1H3. The van der Waals surface area contributed by atoms with Gasteiger partial charge in [0.2, 0.25) is 0 Å². The molecule has 3 fully saturated rings. The third kappa shape index (κ3) is 3.81. The van der Waals surface area contributed by atoms with Crippen LogP contribution in [0, 0.1) is 17.8 Å². The van der Waals surface area contributed by atoms with Crippen molar-refractivity contribution in [2.24, 2.45) is 17.8 Å². The van der Waals surface area contributed by atoms with Crippen LogP contribution < -0.4 is 0 Å². The van der Waals surface area contributed by atoms with Crippen LogP contribution in [0.25, 0.3) is 0 Å². The van der Waals surface area contributed by atoms with E-state index in [1.54, 1.807) is 0 Å². The minimum atomic E-state index is 0.365. The summed E-state index contributed by atoms with van der Waals surface area (Å²) in [6, 6.07) is 0.833. The van der Waals surface area contributed by atoms with Gasteiger partial charge in [0.1, 0.15) is 5.78 Å². The number of hydrogen-bond acceptors (Lipinski definition) is 2. The van der Waals surface area contributed by atoms with Gasteiger partial charge >= 0.3 is 0 Å². The average Bonchev–Trinajstić information content (AvgIpc) is 3.26. The summed E-state index contributed by atoms with van der Waals surface area (Å²) < 4.78 is 0. The van der Waals surface area contributed by atoms with Crippen LogP contribution in [0.15, 0.2) is 0 Å². The molecule has 0 aromatic carbocycles. The zero-order valence-corrected chi connectivity index (χ0v) is 12.4. The van der Waals surface area contributed by atoms with E-state index in [1.807, 2.05) is 0 Å². The van der Waals surface area contributed by atoms with E-state index < -0.39 is 0 Å². The zero-order valence-electron chi connectivity index (χ0n) is 12.4. The normalized spacial score (nSPS) is 32.0. The fraction of sp³-hybridized carbons (Fsp3) is 0.941. The SMILES string of the molecule is CCCC1CCC(=O)C(CN(CC2CC2)C2CC2)C1. The largest absolute Gasteiger partial charge is 0.299 e. The fourth-order valence-corrected chi connectivity index (χ4v) is 3.78. The monoisotopic (exact) mass is 263 g/mol. The first-order chi connectivity index (χ1) is 9.26. The Kier molecular flexibility index (Phi) is 4.26. The number of rotatable bonds is 7. The molecule has 3 rings (SSSR count). The average molecular weight is 263 g/mol. The molecule has 0 amide bonds. The molecule has 2 nitrogen and oxygen atoms in total. The Morgan fingerprint density at radius 1 is 1.05 bits per heavy atom. The number of carbonyl (C=O) groups excluding carboxylic acids is 1. The lowest BCUT2D eigenvalue weighted by atomic mass is 9.78. The molecule has 3 aliphatic carbocycles. The second kappa shape index (κ2) is 5.95. The maximum Gasteiger partial charge on any atom is 0.137 e. The van der Waals surface area contributed by atoms with Crippen molar-refractivity contribution in [3.05, 3.63) is 0 Å². The Morgan fingerprint density at radius 2 is 1.84 bits per heavy atom. The Bertz CT molecular complexity index is 319. The molecule has 2 atom stereocenters. The molecule has 19 heavy (non-hydrogen) atoms. The van der Waals surface area contributed by atoms with Crippen molar-refractivity contribution in [1.82, 2.24) is 4.90 Å². The van der Waals surface area contributed by atoms with Gasteiger partial charge in [-0.05, 0) is 50.4 Å². The minimum Gasteiger partial charge on any atom is -0.299 e. The Morgan fingerprint density at radius 3 is 2.47 bits per heavy atom. The quantitative estimate of drug-likeness (QED) is 0.699. The molecule has 3 saturated carbocycles. The lowest BCUT2D eigenvalue weighted by Gasteiger charge is -2.32. The number of carbonyl (C=O) groups is 1. The highest BCUT2D eigenvalue weighted by Gasteiger charge is 2.37. The molecule has 0 bridgehead atoms. The summed E-state index contributed by atoms with van der Waals surface area (Å²) in [6.45, 7) is 4.64. The predicted octanol–water partition coefficient (Wildman–Crippen LogP) is 3.65. The highest BCUT2D eigenvalue weighted by Crippen LogP contribution is 2.37. The van der Waals surface area contributed by atoms with Crippen LogP contribution in [0.1, 0.15) is 64.7 Å². The van der Waals surface area contributed by atoms with Crippen LogP contribution >= 0.6 is 0 Å². The van der Waals surface area contributed by atoms with E-state index in [2.05, 4.69) is 11.8 Å². The smallest absolute Gasteiger partial charge is 0.137 e. The molecule has 2 heteroatoms. The van der Waals surface area contributed by atoms with Crippen molar-refractivity contribution < 1.29 is 4.79 Å². The van der Waals surface area contributed by atoms with E-state index in [0.29, 0.717) is 11.7 Å². The fourth-order valence-electron chi connectivity index (χ4n) is 3.78. The number of Topliss-reactive ketones (excluding diaryl/α,β-unsaturated/α-hetero) is 1. The Balaban J connectivity index is 1.54. The summed E-state index contributed by atoms with van der Waals surface area (Å²) in [6.07, 6.45) is 11.4. The van der Waals surface area contributed by atoms with E-state index in [4.69, 9.17) is 0 Å². The summed E-state index contributed by atoms with van der Waals surface area (Å²) in [5, 5.41) is 0. The Hall–Kier alpha value is -0.370. The molecule has 0 aliphatic heterocycles. The molecule has 0 saturated heterocycles. The molecule has 0 spiro atoms. The summed E-state index contributed by atoms with van der Waals surface area (Å²) >= 11 is 0. The highest BCUT2D eigenvalue weighted by atomic mass is 16.1. The van der Waals surface area contributed by atoms with Crippen LogP contribution in [-0.2, 0) is 4.79 Å². The van der Waals surface area contributed by atoms with Gasteiger partial charge in [0, 0.05) is 31.5 Å². The lowest BCUT2D eigenvalue weighted by Crippen LogP contribution is -2.39. The van der Waals surface area contributed by atoms with Gasteiger partial charge in [-0.3, -0.25) is 9.69 Å². The number of nitrogens with zero attached hydrogens (tertiary/aromatic N) is 1. The van der Waals surface area contributed by atoms with Gasteiger partial charge in [0.25, 0.3) is 0 Å². The molecular formula is C17H29NO. The molecule has 0 radical (unpaired) electrons. The van der Waals surface area contributed by atoms with Gasteiger partial charge in [0.05, 0.1) is 0 Å². The summed E-state index contributed by atoms with van der Waals surface area (Å²) in [7, 11) is 0. The first-order valence-corrected chi connectivity index (χ1v) is 8.53. The minimum absolute atomic E-state index is 0.365. The van der Waals surface area contributed by atoms with Gasteiger partial charge < -0.3 is 0 Å². The first-order valence-electron chi connectivity index (χ1n) is 8.53. The van der Waals surface area contributed by atoms with E-state index in [9.17, 15) is 4.79 Å². The van der Waals surface area contributed by atoms with Gasteiger partial charge in [-0.15, -0.1) is 0 Å². The van der Waals surface area contributed by atoms with E-state index >= 15 is 0 Å². The highest BCUT2D eigenvalue weighted by molar-refractivity contribution is 5.82. The molecule has 0 N–H and O–H groups in total. The van der Waals surface area contributed by atoms with Gasteiger partial charge in [-0.1, -0.05) is 19.8 Å². The Labute approximate surface area is 117 Å². The predicted molar refractivity (Wildman–Crippen MR) is 78.1 cm³/mol. The van der Waals surface area contributed by atoms with Gasteiger partial charge in [0.15, 0.2) is 0 Å². The topological polar surface area (TPSA) is 20.3 Å². The van der Waals surface area contributed by atoms with E-state index in [0.717, 1.165) is 37.3 Å². The second-order valence-electron chi connectivity index (χ2n) is 7.22. The number of hydrogen-bond donors (Lipinski definition) is 0. The molecule has 0 aromatic rings. The molecule has 3 aliphatic rings. The zero-order chi connectivity index (χ0) is 13.2. The third-order valence-electron chi connectivity index (χ3n) is 5.28. The van der Waals surface area contributed by atoms with Crippen molar-refractivity contribution in [3.63, 3.8) is 0 Å². The molecule has 2 unspecified atom stereocenters. The van der Waals surface area contributed by atoms with Crippen LogP contribution in [-0.4, -0.2) is 29.8 Å². The summed E-state index contributed by atoms with van der Waals surface area (Å²) in [5.74, 6) is 2.72. The van der Waals surface area contributed by atoms with Crippen molar-refractivity contribution in [3.8, 4) is 0 Å². The molecule has 0 aromatic heterocycles. The van der Waals surface area contributed by atoms with Crippen molar-refractivity contribution >= 4 is 5.78 Å². The molecule has 0 heterocycles. The second-order valence-corrected chi connectivity index (χ2v) is 7.22. The van der Waals surface area contributed by atoms with Crippen LogP contribution in [0.4, 0.5) is 0 Å². The summed E-state index contributed by atoms with van der Waals surface area (Å²) in [5.41, 5.74) is 0. The maximum absolute atomic E-state index is 12.2. The first kappa shape index (κ1) is 13.6. The third-order valence-corrected chi connectivity index (χ3v) is 5.28. The molecule has 108 valence electrons. The van der Waals surface area contributed by atoms with Crippen LogP contribution in [0.2, 0.25) is 0 Å². The van der Waals surface area contributed by atoms with Gasteiger partial charge in [-0.2, -0.15) is 0 Å². The molecular weight excluding hydrogens is 234 g/mol. The number of ketones is 1. The van der Waals surface area contributed by atoms with Crippen molar-refractivity contribution in [2.75, 3.05) is 13.1 Å². The van der Waals surface area contributed by atoms with E-state index in [-0.39, 0.29) is 0 Å². The summed E-state index contributed by atoms with van der Waals surface area (Å²) in [4.78, 5) is 14.9. The van der Waals surface area contributed by atoms with Crippen LogP contribution in [0.5, 0.6) is 0 Å². The van der Waals surface area contributed by atoms with Crippen molar-refractivity contribution in [2.45, 2.75) is 70.8 Å². The van der Waals surface area contributed by atoms with Gasteiger partial charge in [-0.25, -0.2) is 0 Å².